The van der Waals surface area contributed by atoms with Gasteiger partial charge in [-0.25, -0.2) is 0 Å². The minimum absolute atomic E-state index is 0.0191. The first-order chi connectivity index (χ1) is 14.7. The highest BCUT2D eigenvalue weighted by Gasteiger charge is 2.51. The summed E-state index contributed by atoms with van der Waals surface area (Å²) >= 11 is 0. The van der Waals surface area contributed by atoms with Crippen LogP contribution >= 0.6 is 0 Å². The Bertz CT molecular complexity index is 706. The maximum absolute atomic E-state index is 13.7. The van der Waals surface area contributed by atoms with Gasteiger partial charge in [0.15, 0.2) is 0 Å². The van der Waals surface area contributed by atoms with Crippen LogP contribution in [0.25, 0.3) is 0 Å². The number of nitrogens with zero attached hydrogens (tertiary/aromatic N) is 2. The number of likely N-dealkylation sites (tertiary alicyclic amines) is 2. The van der Waals surface area contributed by atoms with E-state index in [0.717, 1.165) is 57.2 Å². The Labute approximate surface area is 179 Å². The summed E-state index contributed by atoms with van der Waals surface area (Å²) in [5, 5.41) is 0. The molecule has 6 nitrogen and oxygen atoms in total. The lowest BCUT2D eigenvalue weighted by Crippen LogP contribution is -2.63. The molecule has 6 heteroatoms. The molecule has 1 spiro atoms. The maximum atomic E-state index is 13.7. The quantitative estimate of drug-likeness (QED) is 0.743. The summed E-state index contributed by atoms with van der Waals surface area (Å²) in [5.74, 6) is 0.0829. The molecular formula is C24H34N2O4. The predicted octanol–water partition coefficient (Wildman–Crippen LogP) is 3.00. The molecule has 0 bridgehead atoms. The van der Waals surface area contributed by atoms with Crippen LogP contribution in [0.2, 0.25) is 0 Å². The lowest BCUT2D eigenvalue weighted by Gasteiger charge is -2.52. The molecule has 1 aromatic carbocycles. The van der Waals surface area contributed by atoms with Crippen LogP contribution in [0.1, 0.15) is 50.5 Å². The van der Waals surface area contributed by atoms with Crippen LogP contribution < -0.4 is 0 Å². The zero-order valence-electron chi connectivity index (χ0n) is 17.9. The van der Waals surface area contributed by atoms with Crippen molar-refractivity contribution in [1.82, 2.24) is 9.80 Å². The van der Waals surface area contributed by atoms with Crippen molar-refractivity contribution in [1.29, 1.82) is 0 Å². The fraction of sp³-hybridized carbons (Fsp3) is 0.667. The Morgan fingerprint density at radius 3 is 2.43 bits per heavy atom. The number of piperidine rings is 2. The second-order valence-electron chi connectivity index (χ2n) is 8.93. The second-order valence-corrected chi connectivity index (χ2v) is 8.93. The first-order valence-corrected chi connectivity index (χ1v) is 11.5. The molecule has 0 aromatic heterocycles. The van der Waals surface area contributed by atoms with Crippen LogP contribution in [0, 0.1) is 5.41 Å². The number of amides is 2. The number of rotatable bonds is 5. The fourth-order valence-corrected chi connectivity index (χ4v) is 5.36. The number of carbonyl (C=O) groups excluding carboxylic acids is 2. The molecule has 4 rings (SSSR count). The van der Waals surface area contributed by atoms with Gasteiger partial charge in [-0.3, -0.25) is 9.59 Å². The summed E-state index contributed by atoms with van der Waals surface area (Å²) < 4.78 is 11.4. The third kappa shape index (κ3) is 4.70. The number of ether oxygens (including phenoxy) is 2. The van der Waals surface area contributed by atoms with E-state index in [2.05, 4.69) is 0 Å². The summed E-state index contributed by atoms with van der Waals surface area (Å²) in [5.41, 5.74) is 0.894. The van der Waals surface area contributed by atoms with Crippen LogP contribution in [0.3, 0.4) is 0 Å². The van der Waals surface area contributed by atoms with E-state index in [-0.39, 0.29) is 29.9 Å². The molecule has 3 aliphatic rings. The largest absolute Gasteiger partial charge is 0.381 e. The minimum Gasteiger partial charge on any atom is -0.381 e. The first-order valence-electron chi connectivity index (χ1n) is 11.5. The molecule has 164 valence electrons. The monoisotopic (exact) mass is 414 g/mol. The lowest BCUT2D eigenvalue weighted by atomic mass is 9.67. The highest BCUT2D eigenvalue weighted by molar-refractivity contribution is 5.89. The van der Waals surface area contributed by atoms with Gasteiger partial charge >= 0.3 is 0 Å². The molecule has 30 heavy (non-hydrogen) atoms. The predicted molar refractivity (Wildman–Crippen MR) is 114 cm³/mol. The summed E-state index contributed by atoms with van der Waals surface area (Å²) in [7, 11) is 0. The standard InChI is InChI=1S/C24H34N2O4/c27-21(19-30-18-20-8-3-1-4-9-20)26-15-7-10-24(11-16-29-17-12-24)22(26)23(28)25-13-5-2-6-14-25/h1,3-4,8-9,22H,2,5-7,10-19H2. The maximum Gasteiger partial charge on any atom is 0.249 e. The second kappa shape index (κ2) is 9.92. The number of hydrogen-bond acceptors (Lipinski definition) is 4. The van der Waals surface area contributed by atoms with Gasteiger partial charge in [-0.1, -0.05) is 30.3 Å². The molecule has 1 aromatic rings. The van der Waals surface area contributed by atoms with Crippen molar-refractivity contribution < 1.29 is 19.1 Å². The summed E-state index contributed by atoms with van der Waals surface area (Å²) in [6, 6.07) is 9.50. The van der Waals surface area contributed by atoms with E-state index in [0.29, 0.717) is 26.4 Å². The van der Waals surface area contributed by atoms with Gasteiger partial charge in [-0.05, 0) is 50.5 Å². The Balaban J connectivity index is 1.48. The van der Waals surface area contributed by atoms with Crippen molar-refractivity contribution in [2.45, 2.75) is 57.6 Å². The van der Waals surface area contributed by atoms with Crippen molar-refractivity contribution in [2.24, 2.45) is 5.41 Å². The van der Waals surface area contributed by atoms with E-state index >= 15 is 0 Å². The first kappa shape index (κ1) is 21.3. The Kier molecular flexibility index (Phi) is 7.05. The van der Waals surface area contributed by atoms with Gasteiger partial charge in [0.1, 0.15) is 12.6 Å². The zero-order chi connectivity index (χ0) is 20.8. The molecule has 3 aliphatic heterocycles. The number of hydrogen-bond donors (Lipinski definition) is 0. The Morgan fingerprint density at radius 2 is 1.70 bits per heavy atom. The van der Waals surface area contributed by atoms with E-state index in [1.165, 1.54) is 6.42 Å². The highest BCUT2D eigenvalue weighted by atomic mass is 16.5. The van der Waals surface area contributed by atoms with Crippen molar-refractivity contribution in [3.8, 4) is 0 Å². The van der Waals surface area contributed by atoms with Crippen molar-refractivity contribution >= 4 is 11.8 Å². The smallest absolute Gasteiger partial charge is 0.249 e. The topological polar surface area (TPSA) is 59.1 Å². The van der Waals surface area contributed by atoms with Crippen LogP contribution in [0.15, 0.2) is 30.3 Å². The zero-order valence-corrected chi connectivity index (χ0v) is 17.9. The van der Waals surface area contributed by atoms with Gasteiger partial charge in [0.05, 0.1) is 6.61 Å². The van der Waals surface area contributed by atoms with Crippen LogP contribution in [0.4, 0.5) is 0 Å². The van der Waals surface area contributed by atoms with Crippen molar-refractivity contribution in [3.05, 3.63) is 35.9 Å². The van der Waals surface area contributed by atoms with Gasteiger partial charge in [-0.15, -0.1) is 0 Å². The van der Waals surface area contributed by atoms with Gasteiger partial charge in [0, 0.05) is 38.3 Å². The third-order valence-electron chi connectivity index (χ3n) is 7.01. The van der Waals surface area contributed by atoms with Gasteiger partial charge in [-0.2, -0.15) is 0 Å². The molecule has 1 atom stereocenters. The molecule has 0 N–H and O–H groups in total. The normalized spacial score (nSPS) is 24.1. The van der Waals surface area contributed by atoms with E-state index in [1.54, 1.807) is 0 Å². The van der Waals surface area contributed by atoms with Crippen molar-refractivity contribution in [3.63, 3.8) is 0 Å². The molecule has 3 fully saturated rings. The van der Waals surface area contributed by atoms with E-state index in [4.69, 9.17) is 9.47 Å². The van der Waals surface area contributed by atoms with Crippen molar-refractivity contribution in [2.75, 3.05) is 39.5 Å². The average Bonchev–Trinajstić information content (AvgIpc) is 2.80. The van der Waals surface area contributed by atoms with Gasteiger partial charge in [0.25, 0.3) is 0 Å². The molecular weight excluding hydrogens is 380 g/mol. The number of benzene rings is 1. The molecule has 3 saturated heterocycles. The molecule has 2 amide bonds. The molecule has 0 saturated carbocycles. The Hall–Kier alpha value is -1.92. The summed E-state index contributed by atoms with van der Waals surface area (Å²) in [6.45, 7) is 4.05. The van der Waals surface area contributed by atoms with E-state index < -0.39 is 0 Å². The molecule has 3 heterocycles. The van der Waals surface area contributed by atoms with E-state index in [9.17, 15) is 9.59 Å². The van der Waals surface area contributed by atoms with E-state index in [1.807, 2.05) is 40.1 Å². The fourth-order valence-electron chi connectivity index (χ4n) is 5.36. The Morgan fingerprint density at radius 1 is 0.967 bits per heavy atom. The molecule has 0 radical (unpaired) electrons. The van der Waals surface area contributed by atoms with Gasteiger partial charge < -0.3 is 19.3 Å². The highest BCUT2D eigenvalue weighted by Crippen LogP contribution is 2.45. The lowest BCUT2D eigenvalue weighted by molar-refractivity contribution is -0.164. The molecule has 1 unspecified atom stereocenters. The minimum atomic E-state index is -0.374. The van der Waals surface area contributed by atoms with Crippen LogP contribution in [-0.2, 0) is 25.7 Å². The van der Waals surface area contributed by atoms with Crippen LogP contribution in [-0.4, -0.2) is 67.1 Å². The third-order valence-corrected chi connectivity index (χ3v) is 7.01. The van der Waals surface area contributed by atoms with Crippen LogP contribution in [0.5, 0.6) is 0 Å². The summed E-state index contributed by atoms with van der Waals surface area (Å²) in [6.07, 6.45) is 6.94. The summed E-state index contributed by atoms with van der Waals surface area (Å²) in [4.78, 5) is 30.7. The SMILES string of the molecule is O=C(C1N(C(=O)COCc2ccccc2)CCCC12CCOCC2)N1CCCCC1. The van der Waals surface area contributed by atoms with Gasteiger partial charge in [0.2, 0.25) is 11.8 Å². The molecule has 0 aliphatic carbocycles. The average molecular weight is 415 g/mol. The number of carbonyl (C=O) groups is 2.